The zero-order valence-corrected chi connectivity index (χ0v) is 12.3. The van der Waals surface area contributed by atoms with Gasteiger partial charge in [-0.05, 0) is 26.0 Å². The van der Waals surface area contributed by atoms with Gasteiger partial charge in [0.05, 0.1) is 22.5 Å². The molecule has 1 unspecified atom stereocenters. The highest BCUT2D eigenvalue weighted by Crippen LogP contribution is 2.24. The van der Waals surface area contributed by atoms with E-state index in [9.17, 15) is 9.50 Å². The third-order valence-electron chi connectivity index (χ3n) is 3.06. The monoisotopic (exact) mass is 298 g/mol. The average molecular weight is 299 g/mol. The third kappa shape index (κ3) is 2.94. The molecule has 108 valence electrons. The number of benzene rings is 1. The molecule has 0 saturated carbocycles. The van der Waals surface area contributed by atoms with E-state index in [1.807, 2.05) is 6.92 Å². The van der Waals surface area contributed by atoms with Gasteiger partial charge in [0.1, 0.15) is 18.2 Å². The summed E-state index contributed by atoms with van der Waals surface area (Å²) in [6.07, 6.45) is -0.849. The predicted molar refractivity (Wildman–Crippen MR) is 74.3 cm³/mol. The summed E-state index contributed by atoms with van der Waals surface area (Å²) < 4.78 is 20.9. The van der Waals surface area contributed by atoms with Crippen molar-refractivity contribution in [3.63, 3.8) is 0 Å². The first-order valence-corrected chi connectivity index (χ1v) is 6.56. The number of aromatic nitrogens is 2. The minimum Gasteiger partial charge on any atom is -0.487 e. The summed E-state index contributed by atoms with van der Waals surface area (Å²) in [4.78, 5) is 0. The van der Waals surface area contributed by atoms with Crippen LogP contribution in [-0.2, 0) is 13.7 Å². The number of rotatable bonds is 4. The molecule has 1 N–H and O–H groups in total. The van der Waals surface area contributed by atoms with Gasteiger partial charge in [-0.2, -0.15) is 5.10 Å². The van der Waals surface area contributed by atoms with Gasteiger partial charge < -0.3 is 9.84 Å². The molecule has 0 aliphatic rings. The Labute approximate surface area is 121 Å². The van der Waals surface area contributed by atoms with Gasteiger partial charge in [-0.3, -0.25) is 4.68 Å². The first-order valence-electron chi connectivity index (χ1n) is 6.18. The highest BCUT2D eigenvalue weighted by atomic mass is 35.5. The van der Waals surface area contributed by atoms with Crippen molar-refractivity contribution in [2.45, 2.75) is 26.6 Å². The molecule has 0 amide bonds. The Hall–Kier alpha value is -1.59. The van der Waals surface area contributed by atoms with Crippen molar-refractivity contribution in [2.24, 2.45) is 7.05 Å². The molecule has 0 aliphatic heterocycles. The number of hydrogen-bond acceptors (Lipinski definition) is 3. The minimum atomic E-state index is -0.849. The van der Waals surface area contributed by atoms with Crippen LogP contribution in [0.1, 0.15) is 30.0 Å². The zero-order chi connectivity index (χ0) is 14.9. The standard InChI is InChI=1S/C14H16ClFN2O2/c1-8-14(15)13(18(3)17-8)7-20-10-4-5-11(9(2)19)12(16)6-10/h4-6,9,19H,7H2,1-3H3. The SMILES string of the molecule is Cc1nn(C)c(COc2ccc(C(C)O)c(F)c2)c1Cl. The van der Waals surface area contributed by atoms with Crippen molar-refractivity contribution in [1.82, 2.24) is 9.78 Å². The zero-order valence-electron chi connectivity index (χ0n) is 11.5. The van der Waals surface area contributed by atoms with Gasteiger partial charge in [-0.25, -0.2) is 4.39 Å². The number of aryl methyl sites for hydroxylation is 2. The Balaban J connectivity index is 2.13. The summed E-state index contributed by atoms with van der Waals surface area (Å²) in [5.41, 5.74) is 1.69. The molecular formula is C14H16ClFN2O2. The molecule has 0 radical (unpaired) electrons. The summed E-state index contributed by atoms with van der Waals surface area (Å²) >= 11 is 6.11. The van der Waals surface area contributed by atoms with Crippen LogP contribution >= 0.6 is 11.6 Å². The third-order valence-corrected chi connectivity index (χ3v) is 3.55. The highest BCUT2D eigenvalue weighted by molar-refractivity contribution is 6.31. The van der Waals surface area contributed by atoms with Gasteiger partial charge in [0.2, 0.25) is 0 Å². The highest BCUT2D eigenvalue weighted by Gasteiger charge is 2.13. The van der Waals surface area contributed by atoms with Crippen molar-refractivity contribution < 1.29 is 14.2 Å². The van der Waals surface area contributed by atoms with E-state index in [1.54, 1.807) is 17.8 Å². The van der Waals surface area contributed by atoms with Gasteiger partial charge in [0.25, 0.3) is 0 Å². The van der Waals surface area contributed by atoms with Crippen molar-refractivity contribution >= 4 is 11.6 Å². The van der Waals surface area contributed by atoms with Gasteiger partial charge >= 0.3 is 0 Å². The van der Waals surface area contributed by atoms with E-state index in [0.29, 0.717) is 10.8 Å². The van der Waals surface area contributed by atoms with Gasteiger partial charge in [0.15, 0.2) is 0 Å². The molecule has 1 heterocycles. The van der Waals surface area contributed by atoms with E-state index in [-0.39, 0.29) is 12.2 Å². The lowest BCUT2D eigenvalue weighted by molar-refractivity contribution is 0.193. The van der Waals surface area contributed by atoms with Gasteiger partial charge in [-0.15, -0.1) is 0 Å². The van der Waals surface area contributed by atoms with Crippen molar-refractivity contribution in [3.05, 3.63) is 46.0 Å². The quantitative estimate of drug-likeness (QED) is 0.943. The van der Waals surface area contributed by atoms with E-state index in [4.69, 9.17) is 16.3 Å². The van der Waals surface area contributed by atoms with E-state index < -0.39 is 11.9 Å². The van der Waals surface area contributed by atoms with Crippen LogP contribution in [0.2, 0.25) is 5.02 Å². The summed E-state index contributed by atoms with van der Waals surface area (Å²) in [5.74, 6) is -0.119. The summed E-state index contributed by atoms with van der Waals surface area (Å²) in [7, 11) is 1.77. The van der Waals surface area contributed by atoms with Crippen LogP contribution < -0.4 is 4.74 Å². The second kappa shape index (κ2) is 5.81. The van der Waals surface area contributed by atoms with Crippen LogP contribution in [0.25, 0.3) is 0 Å². The molecule has 0 bridgehead atoms. The summed E-state index contributed by atoms with van der Waals surface area (Å²) in [5, 5.41) is 14.1. The maximum atomic E-state index is 13.7. The van der Waals surface area contributed by atoms with Crippen LogP contribution in [0.5, 0.6) is 5.75 Å². The van der Waals surface area contributed by atoms with Gasteiger partial charge in [-0.1, -0.05) is 11.6 Å². The molecule has 4 nitrogen and oxygen atoms in total. The normalized spacial score (nSPS) is 12.5. The lowest BCUT2D eigenvalue weighted by Gasteiger charge is -2.10. The second-order valence-corrected chi connectivity index (χ2v) is 5.00. The van der Waals surface area contributed by atoms with Crippen molar-refractivity contribution in [1.29, 1.82) is 0 Å². The molecular weight excluding hydrogens is 283 g/mol. The van der Waals surface area contributed by atoms with E-state index in [0.717, 1.165) is 11.4 Å². The Morgan fingerprint density at radius 1 is 1.50 bits per heavy atom. The maximum absolute atomic E-state index is 13.7. The molecule has 2 aromatic rings. The molecule has 2 rings (SSSR count). The fourth-order valence-corrected chi connectivity index (χ4v) is 2.14. The molecule has 0 saturated heterocycles. The lowest BCUT2D eigenvalue weighted by Crippen LogP contribution is -2.04. The molecule has 20 heavy (non-hydrogen) atoms. The number of nitrogens with zero attached hydrogens (tertiary/aromatic N) is 2. The first kappa shape index (κ1) is 14.8. The largest absolute Gasteiger partial charge is 0.487 e. The fourth-order valence-electron chi connectivity index (χ4n) is 1.93. The average Bonchev–Trinajstić information content (AvgIpc) is 2.61. The van der Waals surface area contributed by atoms with Crippen molar-refractivity contribution in [3.8, 4) is 5.75 Å². The minimum absolute atomic E-state index is 0.198. The van der Waals surface area contributed by atoms with Crippen LogP contribution in [0.15, 0.2) is 18.2 Å². The van der Waals surface area contributed by atoms with Crippen LogP contribution in [-0.4, -0.2) is 14.9 Å². The van der Waals surface area contributed by atoms with E-state index >= 15 is 0 Å². The number of aliphatic hydroxyl groups is 1. The molecule has 0 aliphatic carbocycles. The first-order chi connectivity index (χ1) is 9.40. The Bertz CT molecular complexity index is 626. The smallest absolute Gasteiger partial charge is 0.132 e. The topological polar surface area (TPSA) is 47.3 Å². The molecule has 1 atom stereocenters. The molecule has 0 fully saturated rings. The molecule has 0 spiro atoms. The summed E-state index contributed by atoms with van der Waals surface area (Å²) in [6, 6.07) is 4.37. The Morgan fingerprint density at radius 3 is 2.70 bits per heavy atom. The molecule has 1 aromatic carbocycles. The lowest BCUT2D eigenvalue weighted by atomic mass is 10.1. The number of halogens is 2. The van der Waals surface area contributed by atoms with Crippen LogP contribution in [0.4, 0.5) is 4.39 Å². The fraction of sp³-hybridized carbons (Fsp3) is 0.357. The van der Waals surface area contributed by atoms with E-state index in [1.165, 1.54) is 19.1 Å². The van der Waals surface area contributed by atoms with Crippen LogP contribution in [0.3, 0.4) is 0 Å². The predicted octanol–water partition coefficient (Wildman–Crippen LogP) is 3.15. The Kier molecular flexibility index (Phi) is 4.30. The van der Waals surface area contributed by atoms with Gasteiger partial charge in [0, 0.05) is 18.7 Å². The molecule has 1 aromatic heterocycles. The van der Waals surface area contributed by atoms with Crippen molar-refractivity contribution in [2.75, 3.05) is 0 Å². The van der Waals surface area contributed by atoms with E-state index in [2.05, 4.69) is 5.10 Å². The number of hydrogen-bond donors (Lipinski definition) is 1. The maximum Gasteiger partial charge on any atom is 0.132 e. The molecule has 6 heteroatoms. The second-order valence-electron chi connectivity index (χ2n) is 4.62. The Morgan fingerprint density at radius 2 is 2.20 bits per heavy atom. The summed E-state index contributed by atoms with van der Waals surface area (Å²) in [6.45, 7) is 3.52. The van der Waals surface area contributed by atoms with Crippen LogP contribution in [0, 0.1) is 12.7 Å². The number of aliphatic hydroxyl groups excluding tert-OH is 1. The number of ether oxygens (including phenoxy) is 1.